The van der Waals surface area contributed by atoms with Crippen molar-refractivity contribution in [2.75, 3.05) is 0 Å². The van der Waals surface area contributed by atoms with Crippen LogP contribution in [0, 0.1) is 0 Å². The molecule has 0 heterocycles. The number of rotatable bonds is 4. The van der Waals surface area contributed by atoms with Crippen molar-refractivity contribution >= 4 is 0 Å². The van der Waals surface area contributed by atoms with Crippen LogP contribution in [0.1, 0.15) is 24.0 Å². The van der Waals surface area contributed by atoms with E-state index in [1.54, 1.807) is 0 Å². The molecule has 1 aromatic carbocycles. The molecule has 0 atom stereocenters. The van der Waals surface area contributed by atoms with Crippen molar-refractivity contribution in [2.24, 2.45) is 5.73 Å². The summed E-state index contributed by atoms with van der Waals surface area (Å²) in [6.07, 6.45) is 2.17. The second-order valence-corrected chi connectivity index (χ2v) is 4.29. The molecular formula is C12H18N2O. The summed E-state index contributed by atoms with van der Waals surface area (Å²) in [6.45, 7) is 0.980. The zero-order valence-corrected chi connectivity index (χ0v) is 8.82. The SMILES string of the molecule is NC1CC(NCc2cccc(CO)c2)C1. The molecule has 0 unspecified atom stereocenters. The van der Waals surface area contributed by atoms with Gasteiger partial charge >= 0.3 is 0 Å². The van der Waals surface area contributed by atoms with E-state index in [4.69, 9.17) is 10.8 Å². The van der Waals surface area contributed by atoms with E-state index in [9.17, 15) is 0 Å². The van der Waals surface area contributed by atoms with E-state index in [0.717, 1.165) is 24.9 Å². The average molecular weight is 206 g/mol. The van der Waals surface area contributed by atoms with Crippen LogP contribution in [0.3, 0.4) is 0 Å². The third-order valence-corrected chi connectivity index (χ3v) is 2.94. The molecule has 1 aliphatic carbocycles. The zero-order chi connectivity index (χ0) is 10.7. The Bertz CT molecular complexity index is 321. The molecule has 2 rings (SSSR count). The molecule has 1 fully saturated rings. The molecule has 0 saturated heterocycles. The summed E-state index contributed by atoms with van der Waals surface area (Å²) in [4.78, 5) is 0. The van der Waals surface area contributed by atoms with E-state index < -0.39 is 0 Å². The molecule has 1 aromatic rings. The Balaban J connectivity index is 1.82. The molecule has 82 valence electrons. The minimum Gasteiger partial charge on any atom is -0.392 e. The molecule has 0 aliphatic heterocycles. The first-order valence-corrected chi connectivity index (χ1v) is 5.45. The van der Waals surface area contributed by atoms with Gasteiger partial charge in [0.1, 0.15) is 0 Å². The zero-order valence-electron chi connectivity index (χ0n) is 8.82. The van der Waals surface area contributed by atoms with E-state index in [2.05, 4.69) is 11.4 Å². The molecule has 0 radical (unpaired) electrons. The maximum atomic E-state index is 8.99. The van der Waals surface area contributed by atoms with Gasteiger partial charge in [0.25, 0.3) is 0 Å². The van der Waals surface area contributed by atoms with Crippen LogP contribution in [0.5, 0.6) is 0 Å². The largest absolute Gasteiger partial charge is 0.392 e. The number of aliphatic hydroxyl groups is 1. The Hall–Kier alpha value is -0.900. The first kappa shape index (κ1) is 10.6. The van der Waals surface area contributed by atoms with Gasteiger partial charge in [-0.05, 0) is 24.0 Å². The highest BCUT2D eigenvalue weighted by molar-refractivity contribution is 5.22. The molecule has 0 bridgehead atoms. The lowest BCUT2D eigenvalue weighted by molar-refractivity contribution is 0.281. The summed E-state index contributed by atoms with van der Waals surface area (Å²) in [5.74, 6) is 0. The maximum Gasteiger partial charge on any atom is 0.0681 e. The second-order valence-electron chi connectivity index (χ2n) is 4.29. The lowest BCUT2D eigenvalue weighted by Crippen LogP contribution is -2.48. The molecule has 0 spiro atoms. The van der Waals surface area contributed by atoms with Crippen LogP contribution in [0.15, 0.2) is 24.3 Å². The van der Waals surface area contributed by atoms with Gasteiger partial charge in [-0.2, -0.15) is 0 Å². The van der Waals surface area contributed by atoms with Crippen molar-refractivity contribution in [1.82, 2.24) is 5.32 Å². The third kappa shape index (κ3) is 2.78. The number of hydrogen-bond donors (Lipinski definition) is 3. The number of hydrogen-bond acceptors (Lipinski definition) is 3. The van der Waals surface area contributed by atoms with Crippen molar-refractivity contribution < 1.29 is 5.11 Å². The highest BCUT2D eigenvalue weighted by Crippen LogP contribution is 2.18. The number of nitrogens with one attached hydrogen (secondary N) is 1. The van der Waals surface area contributed by atoms with Gasteiger partial charge in [0.05, 0.1) is 6.61 Å². The quantitative estimate of drug-likeness (QED) is 0.681. The van der Waals surface area contributed by atoms with E-state index in [0.29, 0.717) is 12.1 Å². The minimum atomic E-state index is 0.113. The summed E-state index contributed by atoms with van der Waals surface area (Å²) < 4.78 is 0. The second kappa shape index (κ2) is 4.75. The van der Waals surface area contributed by atoms with Crippen molar-refractivity contribution in [3.8, 4) is 0 Å². The van der Waals surface area contributed by atoms with Gasteiger partial charge in [-0.25, -0.2) is 0 Å². The third-order valence-electron chi connectivity index (χ3n) is 2.94. The van der Waals surface area contributed by atoms with Crippen LogP contribution in [0.2, 0.25) is 0 Å². The van der Waals surface area contributed by atoms with Crippen LogP contribution in [-0.2, 0) is 13.2 Å². The van der Waals surface area contributed by atoms with Gasteiger partial charge in [-0.3, -0.25) is 0 Å². The Labute approximate surface area is 90.3 Å². The average Bonchev–Trinajstić information content (AvgIpc) is 2.23. The first-order valence-electron chi connectivity index (χ1n) is 5.45. The van der Waals surface area contributed by atoms with Gasteiger partial charge in [-0.1, -0.05) is 24.3 Å². The molecule has 0 aromatic heterocycles. The minimum absolute atomic E-state index is 0.113. The Kier molecular flexibility index (Phi) is 3.36. The normalized spacial score (nSPS) is 24.9. The van der Waals surface area contributed by atoms with Crippen molar-refractivity contribution in [3.63, 3.8) is 0 Å². The Morgan fingerprint density at radius 2 is 2.07 bits per heavy atom. The van der Waals surface area contributed by atoms with Crippen molar-refractivity contribution in [2.45, 2.75) is 38.1 Å². The highest BCUT2D eigenvalue weighted by Gasteiger charge is 2.24. The van der Waals surface area contributed by atoms with Crippen LogP contribution < -0.4 is 11.1 Å². The summed E-state index contributed by atoms with van der Waals surface area (Å²) >= 11 is 0. The lowest BCUT2D eigenvalue weighted by Gasteiger charge is -2.33. The number of benzene rings is 1. The smallest absolute Gasteiger partial charge is 0.0681 e. The molecule has 0 amide bonds. The van der Waals surface area contributed by atoms with Crippen molar-refractivity contribution in [3.05, 3.63) is 35.4 Å². The predicted octanol–water partition coefficient (Wildman–Crippen LogP) is 0.758. The highest BCUT2D eigenvalue weighted by atomic mass is 16.3. The van der Waals surface area contributed by atoms with Crippen molar-refractivity contribution in [1.29, 1.82) is 0 Å². The van der Waals surface area contributed by atoms with Gasteiger partial charge < -0.3 is 16.2 Å². The number of aliphatic hydroxyl groups excluding tert-OH is 1. The van der Waals surface area contributed by atoms with Gasteiger partial charge in [0.15, 0.2) is 0 Å². The van der Waals surface area contributed by atoms with E-state index in [1.165, 1.54) is 5.56 Å². The Morgan fingerprint density at radius 3 is 2.73 bits per heavy atom. The number of nitrogens with two attached hydrogens (primary N) is 1. The summed E-state index contributed by atoms with van der Waals surface area (Å²) in [5.41, 5.74) is 7.91. The van der Waals surface area contributed by atoms with E-state index in [-0.39, 0.29) is 6.61 Å². The fraction of sp³-hybridized carbons (Fsp3) is 0.500. The molecule has 3 heteroatoms. The fourth-order valence-corrected chi connectivity index (χ4v) is 1.93. The summed E-state index contributed by atoms with van der Waals surface area (Å²) in [7, 11) is 0. The molecule has 15 heavy (non-hydrogen) atoms. The van der Waals surface area contributed by atoms with Gasteiger partial charge in [0, 0.05) is 18.6 Å². The van der Waals surface area contributed by atoms with Crippen LogP contribution in [0.25, 0.3) is 0 Å². The van der Waals surface area contributed by atoms with Crippen LogP contribution in [-0.4, -0.2) is 17.2 Å². The first-order chi connectivity index (χ1) is 7.28. The standard InChI is InChI=1S/C12H18N2O/c13-11-5-12(6-11)14-7-9-2-1-3-10(4-9)8-15/h1-4,11-12,14-15H,5-8,13H2. The molecular weight excluding hydrogens is 188 g/mol. The van der Waals surface area contributed by atoms with Gasteiger partial charge in [-0.15, -0.1) is 0 Å². The maximum absolute atomic E-state index is 8.99. The summed E-state index contributed by atoms with van der Waals surface area (Å²) in [5, 5.41) is 12.5. The monoisotopic (exact) mass is 206 g/mol. The predicted molar refractivity (Wildman–Crippen MR) is 60.2 cm³/mol. The Morgan fingerprint density at radius 1 is 1.33 bits per heavy atom. The van der Waals surface area contributed by atoms with Crippen LogP contribution in [0.4, 0.5) is 0 Å². The van der Waals surface area contributed by atoms with Gasteiger partial charge in [0.2, 0.25) is 0 Å². The molecule has 1 saturated carbocycles. The van der Waals surface area contributed by atoms with Crippen LogP contribution >= 0.6 is 0 Å². The fourth-order valence-electron chi connectivity index (χ4n) is 1.93. The lowest BCUT2D eigenvalue weighted by atomic mass is 9.87. The molecule has 4 N–H and O–H groups in total. The molecule has 1 aliphatic rings. The topological polar surface area (TPSA) is 58.3 Å². The van der Waals surface area contributed by atoms with E-state index >= 15 is 0 Å². The molecule has 3 nitrogen and oxygen atoms in total. The summed E-state index contributed by atoms with van der Waals surface area (Å²) in [6, 6.07) is 9.00. The van der Waals surface area contributed by atoms with E-state index in [1.807, 2.05) is 18.2 Å².